The van der Waals surface area contributed by atoms with E-state index < -0.39 is 0 Å². The molecule has 0 bridgehead atoms. The molecule has 1 amide bonds. The Morgan fingerprint density at radius 1 is 1.20 bits per heavy atom. The molecular weight excluding hydrogens is 345 g/mol. The Hall–Kier alpha value is -2.73. The molecule has 1 atom stereocenters. The average Bonchev–Trinajstić information content (AvgIpc) is 3.22. The number of carbonyl (C=O) groups excluding carboxylic acids is 1. The minimum atomic E-state index is -0.377. The zero-order valence-electron chi connectivity index (χ0n) is 13.0. The topological polar surface area (TPSA) is 59.2 Å². The van der Waals surface area contributed by atoms with E-state index in [1.165, 1.54) is 12.1 Å². The van der Waals surface area contributed by atoms with Gasteiger partial charge < -0.3 is 9.42 Å². The minimum absolute atomic E-state index is 0.0461. The zero-order chi connectivity index (χ0) is 17.4. The van der Waals surface area contributed by atoms with Crippen LogP contribution < -0.4 is 4.90 Å². The van der Waals surface area contributed by atoms with Gasteiger partial charge >= 0.3 is 0 Å². The molecule has 25 heavy (non-hydrogen) atoms. The first-order valence-electron chi connectivity index (χ1n) is 7.76. The first-order chi connectivity index (χ1) is 12.1. The number of nitrogens with zero attached hydrogens (tertiary/aromatic N) is 3. The number of amides is 1. The highest BCUT2D eigenvalue weighted by Crippen LogP contribution is 2.34. The van der Waals surface area contributed by atoms with E-state index in [-0.39, 0.29) is 30.0 Å². The van der Waals surface area contributed by atoms with E-state index in [1.54, 1.807) is 29.2 Å². The molecule has 1 aromatic heterocycles. The van der Waals surface area contributed by atoms with Crippen molar-refractivity contribution < 1.29 is 13.7 Å². The van der Waals surface area contributed by atoms with Gasteiger partial charge in [-0.3, -0.25) is 4.79 Å². The van der Waals surface area contributed by atoms with Crippen LogP contribution >= 0.6 is 11.6 Å². The highest BCUT2D eigenvalue weighted by Gasteiger charge is 2.35. The molecule has 1 fully saturated rings. The fourth-order valence-electron chi connectivity index (χ4n) is 2.92. The normalized spacial score (nSPS) is 17.3. The maximum atomic E-state index is 13.3. The Kier molecular flexibility index (Phi) is 3.97. The van der Waals surface area contributed by atoms with Crippen molar-refractivity contribution in [3.8, 4) is 11.5 Å². The molecule has 3 aromatic rings. The summed E-state index contributed by atoms with van der Waals surface area (Å²) in [5.41, 5.74) is 1.18. The summed E-state index contributed by atoms with van der Waals surface area (Å²) in [6.45, 7) is 0.421. The Morgan fingerprint density at radius 2 is 2.04 bits per heavy atom. The third kappa shape index (κ3) is 3.00. The molecule has 0 N–H and O–H groups in total. The van der Waals surface area contributed by atoms with E-state index in [0.717, 1.165) is 0 Å². The van der Waals surface area contributed by atoms with Gasteiger partial charge in [-0.2, -0.15) is 4.98 Å². The van der Waals surface area contributed by atoms with Crippen LogP contribution in [0.5, 0.6) is 0 Å². The first-order valence-corrected chi connectivity index (χ1v) is 8.14. The smallest absolute Gasteiger partial charge is 0.258 e. The lowest BCUT2D eigenvalue weighted by Gasteiger charge is -2.17. The summed E-state index contributed by atoms with van der Waals surface area (Å²) in [5.74, 6) is 0.0449. The number of rotatable bonds is 3. The van der Waals surface area contributed by atoms with Crippen LogP contribution in [-0.2, 0) is 4.79 Å². The lowest BCUT2D eigenvalue weighted by molar-refractivity contribution is -0.117. The van der Waals surface area contributed by atoms with Crippen molar-refractivity contribution in [1.82, 2.24) is 10.1 Å². The van der Waals surface area contributed by atoms with Crippen LogP contribution in [0.15, 0.2) is 53.1 Å². The molecule has 1 saturated heterocycles. The van der Waals surface area contributed by atoms with Gasteiger partial charge in [-0.05, 0) is 30.3 Å². The molecule has 2 heterocycles. The van der Waals surface area contributed by atoms with Gasteiger partial charge in [0.15, 0.2) is 5.82 Å². The van der Waals surface area contributed by atoms with E-state index in [0.29, 0.717) is 28.6 Å². The third-order valence-electron chi connectivity index (χ3n) is 4.15. The molecule has 126 valence electrons. The van der Waals surface area contributed by atoms with Crippen molar-refractivity contribution in [2.45, 2.75) is 12.3 Å². The third-order valence-corrected chi connectivity index (χ3v) is 4.47. The van der Waals surface area contributed by atoms with Gasteiger partial charge in [-0.1, -0.05) is 35.0 Å². The summed E-state index contributed by atoms with van der Waals surface area (Å²) in [5, 5.41) is 4.49. The number of hydrogen-bond acceptors (Lipinski definition) is 4. The molecule has 7 heteroatoms. The maximum Gasteiger partial charge on any atom is 0.258 e. The molecule has 0 radical (unpaired) electrons. The monoisotopic (exact) mass is 357 g/mol. The van der Waals surface area contributed by atoms with Crippen LogP contribution in [0.25, 0.3) is 11.5 Å². The van der Waals surface area contributed by atoms with E-state index in [9.17, 15) is 9.18 Å². The van der Waals surface area contributed by atoms with Gasteiger partial charge in [0.2, 0.25) is 5.91 Å². The van der Waals surface area contributed by atoms with Gasteiger partial charge in [0.25, 0.3) is 5.89 Å². The maximum absolute atomic E-state index is 13.3. The highest BCUT2D eigenvalue weighted by molar-refractivity contribution is 6.33. The fraction of sp³-hybridized carbons (Fsp3) is 0.167. The predicted molar refractivity (Wildman–Crippen MR) is 90.9 cm³/mol. The summed E-state index contributed by atoms with van der Waals surface area (Å²) in [6, 6.07) is 13.1. The molecular formula is C18H13ClFN3O2. The van der Waals surface area contributed by atoms with Crippen molar-refractivity contribution in [2.24, 2.45) is 0 Å². The Balaban J connectivity index is 1.58. The molecule has 0 spiro atoms. The minimum Gasteiger partial charge on any atom is -0.334 e. The summed E-state index contributed by atoms with van der Waals surface area (Å²) in [4.78, 5) is 18.3. The largest absolute Gasteiger partial charge is 0.334 e. The Morgan fingerprint density at radius 3 is 2.84 bits per heavy atom. The number of benzene rings is 2. The number of hydrogen-bond donors (Lipinski definition) is 0. The number of carbonyl (C=O) groups is 1. The van der Waals surface area contributed by atoms with Crippen molar-refractivity contribution in [2.75, 3.05) is 11.4 Å². The lowest BCUT2D eigenvalue weighted by atomic mass is 10.1. The standard InChI is InChI=1S/C18H13ClFN3O2/c19-14-6-1-2-7-15(14)23-10-12(9-16(23)24)17-21-18(25-22-17)11-4-3-5-13(20)8-11/h1-8,12H,9-10H2. The van der Waals surface area contributed by atoms with Gasteiger partial charge in [-0.25, -0.2) is 4.39 Å². The van der Waals surface area contributed by atoms with Gasteiger partial charge in [0.1, 0.15) is 5.82 Å². The molecule has 0 saturated carbocycles. The van der Waals surface area contributed by atoms with Gasteiger partial charge in [0, 0.05) is 24.4 Å². The quantitative estimate of drug-likeness (QED) is 0.709. The molecule has 1 aliphatic heterocycles. The highest BCUT2D eigenvalue weighted by atomic mass is 35.5. The number of aromatic nitrogens is 2. The van der Waals surface area contributed by atoms with Crippen molar-refractivity contribution in [1.29, 1.82) is 0 Å². The van der Waals surface area contributed by atoms with E-state index >= 15 is 0 Å². The number of para-hydroxylation sites is 1. The second-order valence-corrected chi connectivity index (χ2v) is 6.23. The molecule has 1 aliphatic rings. The van der Waals surface area contributed by atoms with Crippen molar-refractivity contribution in [3.63, 3.8) is 0 Å². The molecule has 0 aliphatic carbocycles. The van der Waals surface area contributed by atoms with Crippen LogP contribution in [0.4, 0.5) is 10.1 Å². The van der Waals surface area contributed by atoms with Crippen LogP contribution in [0, 0.1) is 5.82 Å². The van der Waals surface area contributed by atoms with Crippen molar-refractivity contribution >= 4 is 23.2 Å². The van der Waals surface area contributed by atoms with E-state index in [1.807, 2.05) is 12.1 Å². The molecule has 5 nitrogen and oxygen atoms in total. The van der Waals surface area contributed by atoms with Gasteiger partial charge in [0.05, 0.1) is 10.7 Å². The summed E-state index contributed by atoms with van der Waals surface area (Å²) >= 11 is 6.18. The summed E-state index contributed by atoms with van der Waals surface area (Å²) < 4.78 is 18.6. The summed E-state index contributed by atoms with van der Waals surface area (Å²) in [7, 11) is 0. The fourth-order valence-corrected chi connectivity index (χ4v) is 3.16. The van der Waals surface area contributed by atoms with Crippen LogP contribution in [-0.4, -0.2) is 22.6 Å². The Labute approximate surface area is 148 Å². The number of halogens is 2. The molecule has 2 aromatic carbocycles. The second-order valence-electron chi connectivity index (χ2n) is 5.82. The Bertz CT molecular complexity index is 943. The predicted octanol–water partition coefficient (Wildman–Crippen LogP) is 4.05. The second kappa shape index (κ2) is 6.29. The average molecular weight is 358 g/mol. The van der Waals surface area contributed by atoms with Crippen molar-refractivity contribution in [3.05, 3.63) is 65.2 Å². The molecule has 4 rings (SSSR count). The lowest BCUT2D eigenvalue weighted by Crippen LogP contribution is -2.24. The van der Waals surface area contributed by atoms with Crippen LogP contribution in [0.3, 0.4) is 0 Å². The van der Waals surface area contributed by atoms with Crippen LogP contribution in [0.2, 0.25) is 5.02 Å². The SMILES string of the molecule is O=C1CC(c2noc(-c3cccc(F)c3)n2)CN1c1ccccc1Cl. The number of anilines is 1. The van der Waals surface area contributed by atoms with E-state index in [2.05, 4.69) is 10.1 Å². The van der Waals surface area contributed by atoms with Crippen LogP contribution in [0.1, 0.15) is 18.2 Å². The summed E-state index contributed by atoms with van der Waals surface area (Å²) in [6.07, 6.45) is 0.271. The molecule has 1 unspecified atom stereocenters. The zero-order valence-corrected chi connectivity index (χ0v) is 13.8. The van der Waals surface area contributed by atoms with Gasteiger partial charge in [-0.15, -0.1) is 0 Å². The first kappa shape index (κ1) is 15.8. The van der Waals surface area contributed by atoms with E-state index in [4.69, 9.17) is 16.1 Å².